The number of halogens is 1. The minimum absolute atomic E-state index is 0.135. The number of oxazole rings is 1. The molecular formula is C11H11BrN2O3S. The highest BCUT2D eigenvalue weighted by molar-refractivity contribution is 9.10. The molecule has 0 unspecified atom stereocenters. The van der Waals surface area contributed by atoms with E-state index < -0.39 is 10.0 Å². The van der Waals surface area contributed by atoms with Crippen LogP contribution in [-0.2, 0) is 10.0 Å². The summed E-state index contributed by atoms with van der Waals surface area (Å²) in [5.41, 5.74) is 1.88. The number of rotatable bonds is 4. The number of benzene rings is 1. The zero-order valence-corrected chi connectivity index (χ0v) is 11.8. The van der Waals surface area contributed by atoms with Crippen LogP contribution in [0.5, 0.6) is 0 Å². The van der Waals surface area contributed by atoms with E-state index in [4.69, 9.17) is 4.42 Å². The van der Waals surface area contributed by atoms with Crippen LogP contribution in [0.2, 0.25) is 0 Å². The van der Waals surface area contributed by atoms with E-state index in [2.05, 4.69) is 25.6 Å². The molecule has 0 amide bonds. The second-order valence-corrected chi connectivity index (χ2v) is 7.36. The van der Waals surface area contributed by atoms with Crippen molar-refractivity contribution in [2.24, 2.45) is 0 Å². The van der Waals surface area contributed by atoms with Gasteiger partial charge in [0.05, 0.1) is 5.69 Å². The van der Waals surface area contributed by atoms with Crippen LogP contribution in [0.15, 0.2) is 22.6 Å². The van der Waals surface area contributed by atoms with Crippen LogP contribution in [-0.4, -0.2) is 18.1 Å². The molecule has 96 valence electrons. The number of fused-ring (bicyclic) bond motifs is 1. The van der Waals surface area contributed by atoms with E-state index in [0.29, 0.717) is 22.7 Å². The first-order valence-corrected chi connectivity index (χ1v) is 8.32. The fourth-order valence-corrected chi connectivity index (χ4v) is 2.60. The minimum atomic E-state index is -3.33. The second kappa shape index (κ2) is 4.24. The molecule has 0 radical (unpaired) electrons. The molecule has 1 N–H and O–H groups in total. The third-order valence-electron chi connectivity index (χ3n) is 2.75. The third-order valence-corrected chi connectivity index (χ3v) is 5.39. The molecule has 18 heavy (non-hydrogen) atoms. The molecule has 1 aliphatic carbocycles. The topological polar surface area (TPSA) is 72.2 Å². The molecule has 0 atom stereocenters. The summed E-state index contributed by atoms with van der Waals surface area (Å²) in [6.45, 7) is 0. The summed E-state index contributed by atoms with van der Waals surface area (Å²) < 4.78 is 30.8. The normalized spacial score (nSPS) is 16.1. The average molecular weight is 331 g/mol. The summed E-state index contributed by atoms with van der Waals surface area (Å²) in [4.78, 5) is 4.38. The molecule has 0 saturated heterocycles. The molecular weight excluding hydrogens is 320 g/mol. The number of anilines is 1. The summed E-state index contributed by atoms with van der Waals surface area (Å²) in [6.07, 6.45) is 2.24. The summed E-state index contributed by atoms with van der Waals surface area (Å²) in [5.74, 6) is 1.20. The summed E-state index contributed by atoms with van der Waals surface area (Å²) >= 11 is 2.92. The Hall–Kier alpha value is -1.08. The first kappa shape index (κ1) is 12.0. The van der Waals surface area contributed by atoms with Gasteiger partial charge in [-0.3, -0.25) is 4.72 Å². The fraction of sp³-hybridized carbons (Fsp3) is 0.364. The van der Waals surface area contributed by atoms with Gasteiger partial charge in [-0.2, -0.15) is 0 Å². The van der Waals surface area contributed by atoms with E-state index in [1.807, 2.05) is 0 Å². The molecule has 1 heterocycles. The first-order valence-electron chi connectivity index (χ1n) is 5.54. The highest BCUT2D eigenvalue weighted by Gasteiger charge is 2.28. The number of hydrogen-bond donors (Lipinski definition) is 1. The smallest absolute Gasteiger partial charge is 0.242 e. The van der Waals surface area contributed by atoms with Crippen molar-refractivity contribution in [1.29, 1.82) is 0 Å². The second-order valence-electron chi connectivity index (χ2n) is 4.33. The average Bonchev–Trinajstić information content (AvgIpc) is 3.09. The van der Waals surface area contributed by atoms with Gasteiger partial charge in [0.2, 0.25) is 10.0 Å². The Morgan fingerprint density at radius 3 is 2.89 bits per heavy atom. The van der Waals surface area contributed by atoms with Gasteiger partial charge in [0.1, 0.15) is 10.2 Å². The molecule has 5 nitrogen and oxygen atoms in total. The maximum absolute atomic E-state index is 11.4. The lowest BCUT2D eigenvalue weighted by Gasteiger charge is -2.03. The van der Waals surface area contributed by atoms with Crippen LogP contribution in [0.4, 0.5) is 5.69 Å². The zero-order chi connectivity index (χ0) is 12.8. The molecule has 1 fully saturated rings. The quantitative estimate of drug-likeness (QED) is 0.875. The van der Waals surface area contributed by atoms with Crippen molar-refractivity contribution in [3.8, 4) is 0 Å². The molecule has 1 aromatic heterocycles. The molecule has 0 bridgehead atoms. The van der Waals surface area contributed by atoms with Crippen LogP contribution in [0.3, 0.4) is 0 Å². The van der Waals surface area contributed by atoms with E-state index in [-0.39, 0.29) is 4.66 Å². The lowest BCUT2D eigenvalue weighted by molar-refractivity contribution is 0.533. The first-order chi connectivity index (χ1) is 8.57. The number of hydrogen-bond acceptors (Lipinski definition) is 4. The molecule has 1 aromatic carbocycles. The number of alkyl halides is 1. The zero-order valence-electron chi connectivity index (χ0n) is 9.39. The third kappa shape index (κ3) is 2.37. The molecule has 1 saturated carbocycles. The van der Waals surface area contributed by atoms with Crippen molar-refractivity contribution in [2.45, 2.75) is 18.8 Å². The van der Waals surface area contributed by atoms with Gasteiger partial charge < -0.3 is 4.42 Å². The Morgan fingerprint density at radius 2 is 2.22 bits per heavy atom. The van der Waals surface area contributed by atoms with Crippen LogP contribution in [0.1, 0.15) is 24.7 Å². The Labute approximate surface area is 113 Å². The molecule has 2 aromatic rings. The minimum Gasteiger partial charge on any atom is -0.440 e. The van der Waals surface area contributed by atoms with Gasteiger partial charge in [-0.25, -0.2) is 13.4 Å². The predicted octanol–water partition coefficient (Wildman–Crippen LogP) is 2.80. The van der Waals surface area contributed by atoms with E-state index in [9.17, 15) is 8.42 Å². The number of nitrogens with zero attached hydrogens (tertiary/aromatic N) is 1. The van der Waals surface area contributed by atoms with Gasteiger partial charge in [-0.05, 0) is 31.0 Å². The molecule has 7 heteroatoms. The van der Waals surface area contributed by atoms with Gasteiger partial charge in [0.15, 0.2) is 11.5 Å². The lowest BCUT2D eigenvalue weighted by atomic mass is 10.3. The lowest BCUT2D eigenvalue weighted by Crippen LogP contribution is -2.12. The maximum Gasteiger partial charge on any atom is 0.242 e. The Balaban J connectivity index is 1.95. The van der Waals surface area contributed by atoms with Gasteiger partial charge in [-0.15, -0.1) is 0 Å². The molecule has 3 rings (SSSR count). The molecule has 0 spiro atoms. The maximum atomic E-state index is 11.4. The van der Waals surface area contributed by atoms with Gasteiger partial charge >= 0.3 is 0 Å². The van der Waals surface area contributed by atoms with Crippen LogP contribution < -0.4 is 4.72 Å². The Kier molecular flexibility index (Phi) is 2.82. The number of nitrogens with one attached hydrogen (secondary N) is 1. The van der Waals surface area contributed by atoms with E-state index >= 15 is 0 Å². The van der Waals surface area contributed by atoms with Gasteiger partial charge in [-0.1, -0.05) is 15.9 Å². The molecule has 0 aliphatic heterocycles. The van der Waals surface area contributed by atoms with E-state index in [0.717, 1.165) is 18.7 Å². The van der Waals surface area contributed by atoms with Crippen LogP contribution in [0, 0.1) is 0 Å². The Bertz CT molecular complexity index is 691. The summed E-state index contributed by atoms with van der Waals surface area (Å²) in [6, 6.07) is 5.09. The summed E-state index contributed by atoms with van der Waals surface area (Å²) in [5, 5.41) is 0. The molecule has 1 aliphatic rings. The van der Waals surface area contributed by atoms with Crippen molar-refractivity contribution in [1.82, 2.24) is 4.98 Å². The SMILES string of the molecule is O=S(=O)(CBr)Nc1ccc2oc(C3CC3)nc2c1. The van der Waals surface area contributed by atoms with Crippen molar-refractivity contribution in [2.75, 3.05) is 9.38 Å². The van der Waals surface area contributed by atoms with Gasteiger partial charge in [0.25, 0.3) is 0 Å². The van der Waals surface area contributed by atoms with Crippen LogP contribution in [0.25, 0.3) is 11.1 Å². The predicted molar refractivity (Wildman–Crippen MR) is 72.3 cm³/mol. The highest BCUT2D eigenvalue weighted by Crippen LogP contribution is 2.40. The van der Waals surface area contributed by atoms with Crippen molar-refractivity contribution in [3.05, 3.63) is 24.1 Å². The highest BCUT2D eigenvalue weighted by atomic mass is 79.9. The van der Waals surface area contributed by atoms with Crippen molar-refractivity contribution < 1.29 is 12.8 Å². The van der Waals surface area contributed by atoms with Crippen LogP contribution >= 0.6 is 15.9 Å². The van der Waals surface area contributed by atoms with E-state index in [1.165, 1.54) is 0 Å². The number of aromatic nitrogens is 1. The monoisotopic (exact) mass is 330 g/mol. The Morgan fingerprint density at radius 1 is 1.44 bits per heavy atom. The largest absolute Gasteiger partial charge is 0.440 e. The van der Waals surface area contributed by atoms with Crippen molar-refractivity contribution >= 4 is 42.7 Å². The number of sulfonamides is 1. The van der Waals surface area contributed by atoms with E-state index in [1.54, 1.807) is 18.2 Å². The van der Waals surface area contributed by atoms with Crippen molar-refractivity contribution in [3.63, 3.8) is 0 Å². The van der Waals surface area contributed by atoms with Gasteiger partial charge in [0, 0.05) is 5.92 Å². The standard InChI is InChI=1S/C11H11BrN2O3S/c12-6-18(15,16)14-8-3-4-10-9(5-8)13-11(17-10)7-1-2-7/h3-5,7,14H,1-2,6H2. The fourth-order valence-electron chi connectivity index (χ4n) is 1.72. The summed E-state index contributed by atoms with van der Waals surface area (Å²) in [7, 11) is -3.33.